The van der Waals surface area contributed by atoms with Crippen molar-refractivity contribution >= 4 is 33.4 Å². The molecular formula is C26H27F5N6O4S. The van der Waals surface area contributed by atoms with Gasteiger partial charge in [-0.2, -0.15) is 5.26 Å². The molecule has 1 aliphatic heterocycles. The fraction of sp³-hybridized carbons (Fsp3) is 0.269. The molecule has 1 aliphatic rings. The highest BCUT2D eigenvalue weighted by atomic mass is 32.5. The zero-order chi connectivity index (χ0) is 31.0. The number of amides is 2. The molecule has 1 fully saturated rings. The van der Waals surface area contributed by atoms with Gasteiger partial charge in [0.15, 0.2) is 6.19 Å². The highest BCUT2D eigenvalue weighted by Gasteiger charge is 2.65. The molecule has 1 N–H and O–H groups in total. The van der Waals surface area contributed by atoms with Crippen LogP contribution in [0.2, 0.25) is 0 Å². The summed E-state index contributed by atoms with van der Waals surface area (Å²) in [5.41, 5.74) is -0.00390. The van der Waals surface area contributed by atoms with E-state index < -0.39 is 45.6 Å². The summed E-state index contributed by atoms with van der Waals surface area (Å²) in [4.78, 5) is 33.6. The molecule has 0 spiro atoms. The van der Waals surface area contributed by atoms with Gasteiger partial charge in [-0.3, -0.25) is 19.5 Å². The number of carbonyl (C=O) groups is 2. The Morgan fingerprint density at radius 3 is 2.19 bits per heavy atom. The Bertz CT molecular complexity index is 1380. The maximum absolute atomic E-state index is 13.4. The lowest BCUT2D eigenvalue weighted by molar-refractivity contribution is -0.124. The van der Waals surface area contributed by atoms with E-state index in [9.17, 15) is 34.3 Å². The number of methoxy groups -OCH3 is 2. The van der Waals surface area contributed by atoms with Gasteiger partial charge in [0.25, 0.3) is 5.91 Å². The molecule has 2 unspecified atom stereocenters. The van der Waals surface area contributed by atoms with Crippen LogP contribution in [0, 0.1) is 11.5 Å². The topological polar surface area (TPSA) is 121 Å². The lowest BCUT2D eigenvalue weighted by Gasteiger charge is -2.40. The minimum absolute atomic E-state index is 0.0763. The van der Waals surface area contributed by atoms with Crippen LogP contribution in [0.5, 0.6) is 5.88 Å². The summed E-state index contributed by atoms with van der Waals surface area (Å²) >= 11 is 0. The molecule has 0 aliphatic carbocycles. The van der Waals surface area contributed by atoms with E-state index in [-0.39, 0.29) is 42.4 Å². The molecule has 2 atom stereocenters. The molecule has 10 nitrogen and oxygen atoms in total. The number of rotatable bonds is 8. The molecule has 2 amide bonds. The number of nitrogens with zero attached hydrogens (tertiary/aromatic N) is 5. The van der Waals surface area contributed by atoms with Gasteiger partial charge in [0.1, 0.15) is 17.5 Å². The Balaban J connectivity index is 0.000000715. The van der Waals surface area contributed by atoms with Gasteiger partial charge in [0.05, 0.1) is 31.6 Å². The van der Waals surface area contributed by atoms with Gasteiger partial charge in [0.2, 0.25) is 11.8 Å². The van der Waals surface area contributed by atoms with Crippen LogP contribution in [0.3, 0.4) is 0 Å². The summed E-state index contributed by atoms with van der Waals surface area (Å²) in [5, 5.41) is 11.9. The molecule has 0 bridgehead atoms. The number of benzene rings is 1. The van der Waals surface area contributed by atoms with E-state index >= 15 is 0 Å². The summed E-state index contributed by atoms with van der Waals surface area (Å²) in [6.07, 6.45) is 6.23. The number of nitrogens with one attached hydrogen (secondary N) is 1. The first-order chi connectivity index (χ1) is 19.6. The smallest absolute Gasteiger partial charge is 0.310 e. The third-order valence-corrected chi connectivity index (χ3v) is 7.13. The molecule has 226 valence electrons. The third kappa shape index (κ3) is 8.75. The van der Waals surface area contributed by atoms with E-state index in [0.29, 0.717) is 12.1 Å². The summed E-state index contributed by atoms with van der Waals surface area (Å²) in [7, 11) is -7.16. The van der Waals surface area contributed by atoms with Crippen molar-refractivity contribution in [1.29, 1.82) is 5.26 Å². The molecule has 1 aromatic carbocycles. The van der Waals surface area contributed by atoms with Crippen molar-refractivity contribution in [3.63, 3.8) is 0 Å². The first kappa shape index (κ1) is 32.0. The Labute approximate surface area is 238 Å². The van der Waals surface area contributed by atoms with Crippen LogP contribution in [0.15, 0.2) is 78.1 Å². The molecule has 3 aromatic rings. The lowest BCUT2D eigenvalue weighted by atomic mass is 10.1. The average Bonchev–Trinajstić information content (AvgIpc) is 3.40. The minimum Gasteiger partial charge on any atom is -0.481 e. The molecule has 16 heteroatoms. The van der Waals surface area contributed by atoms with Crippen LogP contribution < -0.4 is 15.0 Å². The molecule has 2 aromatic heterocycles. The number of carbonyl (C=O) groups excluding carboxylic acids is 2. The van der Waals surface area contributed by atoms with Crippen LogP contribution in [0.1, 0.15) is 6.42 Å². The van der Waals surface area contributed by atoms with Crippen molar-refractivity contribution in [2.24, 2.45) is 0 Å². The van der Waals surface area contributed by atoms with Gasteiger partial charge < -0.3 is 19.7 Å². The van der Waals surface area contributed by atoms with Gasteiger partial charge in [-0.25, -0.2) is 4.98 Å². The average molecular weight is 615 g/mol. The van der Waals surface area contributed by atoms with Crippen LogP contribution in [0.4, 0.5) is 30.8 Å². The Kier molecular flexibility index (Phi) is 9.28. The number of aromatic nitrogens is 2. The first-order valence-electron chi connectivity index (χ1n) is 12.1. The lowest BCUT2D eigenvalue weighted by Crippen LogP contribution is -2.47. The van der Waals surface area contributed by atoms with Gasteiger partial charge >= 0.3 is 10.2 Å². The van der Waals surface area contributed by atoms with Crippen LogP contribution in [-0.2, 0) is 14.3 Å². The monoisotopic (exact) mass is 614 g/mol. The van der Waals surface area contributed by atoms with E-state index in [2.05, 4.69) is 15.3 Å². The molecule has 3 heterocycles. The van der Waals surface area contributed by atoms with Crippen molar-refractivity contribution < 1.29 is 38.5 Å². The second kappa shape index (κ2) is 12.2. The second-order valence-corrected chi connectivity index (χ2v) is 11.3. The van der Waals surface area contributed by atoms with Crippen LogP contribution >= 0.6 is 10.2 Å². The van der Waals surface area contributed by atoms with Gasteiger partial charge in [-0.05, 0) is 42.5 Å². The highest BCUT2D eigenvalue weighted by Crippen LogP contribution is 3.02. The van der Waals surface area contributed by atoms with E-state index in [1.54, 1.807) is 12.4 Å². The number of hydrogen-bond acceptors (Lipinski definition) is 8. The zero-order valence-electron chi connectivity index (χ0n) is 22.4. The van der Waals surface area contributed by atoms with E-state index in [1.807, 2.05) is 24.4 Å². The molecule has 0 saturated carbocycles. The Morgan fingerprint density at radius 2 is 1.74 bits per heavy atom. The second-order valence-electron chi connectivity index (χ2n) is 8.91. The number of hydrogen-bond donors (Lipinski definition) is 1. The molecular weight excluding hydrogens is 587 g/mol. The van der Waals surface area contributed by atoms with Gasteiger partial charge in [-0.15, -0.1) is 0 Å². The Morgan fingerprint density at radius 1 is 1.07 bits per heavy atom. The van der Waals surface area contributed by atoms with Crippen molar-refractivity contribution in [2.75, 3.05) is 37.5 Å². The number of likely N-dealkylation sites (tertiary alicyclic amines) is 1. The maximum Gasteiger partial charge on any atom is 0.310 e. The predicted molar refractivity (Wildman–Crippen MR) is 145 cm³/mol. The fourth-order valence-electron chi connectivity index (χ4n) is 3.90. The van der Waals surface area contributed by atoms with E-state index in [1.165, 1.54) is 32.5 Å². The SMILES string of the molecule is COc1ccc(NC(=O)CN(C(=O)C2CC(OC)CN2C#N)c2ccc(S(F)(F)(F)(F)F)cc2)cn1.c1ccncc1. The summed E-state index contributed by atoms with van der Waals surface area (Å²) in [5.74, 6) is -1.27. The van der Waals surface area contributed by atoms with E-state index in [4.69, 9.17) is 9.47 Å². The van der Waals surface area contributed by atoms with Crippen LogP contribution in [0.25, 0.3) is 0 Å². The number of ether oxygens (including phenoxy) is 2. The van der Waals surface area contributed by atoms with Crippen LogP contribution in [-0.4, -0.2) is 66.1 Å². The van der Waals surface area contributed by atoms with Crippen molar-refractivity contribution in [1.82, 2.24) is 14.9 Å². The van der Waals surface area contributed by atoms with Gasteiger partial charge in [0, 0.05) is 37.7 Å². The fourth-order valence-corrected chi connectivity index (χ4v) is 4.55. The minimum atomic E-state index is -9.95. The standard InChI is InChI=1S/C21H22F5N5O4S.C5H5N/c1-34-16-9-18(30(11-16)13-27)21(33)31(12-19(32)29-14-3-8-20(35-2)28-10-14)15-4-6-17(7-5-15)36(22,23,24,25)26;1-2-4-6-5-3-1/h3-8,10,16,18H,9,11-12H2,1-2H3,(H,29,32);1-5H. The quantitative estimate of drug-likeness (QED) is 0.266. The zero-order valence-corrected chi connectivity index (χ0v) is 23.2. The highest BCUT2D eigenvalue weighted by molar-refractivity contribution is 8.45. The summed E-state index contributed by atoms with van der Waals surface area (Å²) in [6, 6.07) is 9.22. The largest absolute Gasteiger partial charge is 0.481 e. The van der Waals surface area contributed by atoms with Crippen molar-refractivity contribution in [2.45, 2.75) is 23.5 Å². The summed E-state index contributed by atoms with van der Waals surface area (Å²) < 4.78 is 75.9. The molecule has 0 radical (unpaired) electrons. The normalized spacial score (nSPS) is 17.9. The maximum atomic E-state index is 13.4. The van der Waals surface area contributed by atoms with Crippen molar-refractivity contribution in [3.8, 4) is 12.1 Å². The number of anilines is 2. The third-order valence-electron chi connectivity index (χ3n) is 5.97. The number of nitriles is 1. The van der Waals surface area contributed by atoms with Crippen molar-refractivity contribution in [3.05, 3.63) is 73.2 Å². The predicted octanol–water partition coefficient (Wildman–Crippen LogP) is 5.37. The number of pyridine rings is 2. The van der Waals surface area contributed by atoms with E-state index in [0.717, 1.165) is 9.80 Å². The Hall–Kier alpha value is -4.49. The van der Waals surface area contributed by atoms with Gasteiger partial charge in [-0.1, -0.05) is 25.5 Å². The molecule has 42 heavy (non-hydrogen) atoms. The molecule has 4 rings (SSSR count). The molecule has 1 saturated heterocycles. The first-order valence-corrected chi connectivity index (χ1v) is 14.1. The summed E-state index contributed by atoms with van der Waals surface area (Å²) in [6.45, 7) is -0.599. The number of halogens is 5.